The van der Waals surface area contributed by atoms with Gasteiger partial charge in [0.25, 0.3) is 0 Å². The lowest BCUT2D eigenvalue weighted by Crippen LogP contribution is -2.27. The van der Waals surface area contributed by atoms with Gasteiger partial charge >= 0.3 is 0 Å². The van der Waals surface area contributed by atoms with Gasteiger partial charge in [-0.2, -0.15) is 0 Å². The van der Waals surface area contributed by atoms with E-state index < -0.39 is 0 Å². The van der Waals surface area contributed by atoms with E-state index in [1.807, 2.05) is 18.2 Å². The van der Waals surface area contributed by atoms with E-state index in [9.17, 15) is 4.79 Å². The van der Waals surface area contributed by atoms with E-state index in [0.29, 0.717) is 18.9 Å². The van der Waals surface area contributed by atoms with Gasteiger partial charge in [0, 0.05) is 23.6 Å². The second kappa shape index (κ2) is 8.64. The SMILES string of the molecule is Cc1ccc(SCCC(=O)NC[C@H](C)c2ccccc2)cc1. The fraction of sp³-hybridized carbons (Fsp3) is 0.316. The lowest BCUT2D eigenvalue weighted by molar-refractivity contribution is -0.120. The Kier molecular flexibility index (Phi) is 6.53. The second-order valence-corrected chi connectivity index (χ2v) is 6.70. The van der Waals surface area contributed by atoms with Crippen LogP contribution in [0.1, 0.15) is 30.4 Å². The molecule has 0 bridgehead atoms. The average molecular weight is 313 g/mol. The highest BCUT2D eigenvalue weighted by molar-refractivity contribution is 7.99. The van der Waals surface area contributed by atoms with Gasteiger partial charge < -0.3 is 5.32 Å². The van der Waals surface area contributed by atoms with Crippen molar-refractivity contribution in [2.75, 3.05) is 12.3 Å². The van der Waals surface area contributed by atoms with Crippen LogP contribution in [0.15, 0.2) is 59.5 Å². The second-order valence-electron chi connectivity index (χ2n) is 5.53. The zero-order valence-corrected chi connectivity index (χ0v) is 14.0. The Labute approximate surface area is 137 Å². The molecule has 0 saturated carbocycles. The summed E-state index contributed by atoms with van der Waals surface area (Å²) in [4.78, 5) is 13.1. The maximum atomic E-state index is 11.9. The van der Waals surface area contributed by atoms with Gasteiger partial charge in [-0.25, -0.2) is 0 Å². The lowest BCUT2D eigenvalue weighted by atomic mass is 10.0. The summed E-state index contributed by atoms with van der Waals surface area (Å²) in [5, 5.41) is 3.02. The molecule has 0 saturated heterocycles. The summed E-state index contributed by atoms with van der Waals surface area (Å²) in [6, 6.07) is 18.7. The monoisotopic (exact) mass is 313 g/mol. The molecule has 0 aliphatic rings. The fourth-order valence-corrected chi connectivity index (χ4v) is 3.00. The standard InChI is InChI=1S/C19H23NOS/c1-15-8-10-18(11-9-15)22-13-12-19(21)20-14-16(2)17-6-4-3-5-7-17/h3-11,16H,12-14H2,1-2H3,(H,20,21)/t16-/m0/s1. The Balaban J connectivity index is 1.66. The minimum Gasteiger partial charge on any atom is -0.355 e. The van der Waals surface area contributed by atoms with Gasteiger partial charge in [0.05, 0.1) is 0 Å². The number of carbonyl (C=O) groups excluding carboxylic acids is 1. The van der Waals surface area contributed by atoms with E-state index in [1.165, 1.54) is 16.0 Å². The molecule has 2 aromatic carbocycles. The molecule has 0 aromatic heterocycles. The summed E-state index contributed by atoms with van der Waals surface area (Å²) in [6.45, 7) is 4.91. The van der Waals surface area contributed by atoms with E-state index in [1.54, 1.807) is 11.8 Å². The van der Waals surface area contributed by atoms with Crippen molar-refractivity contribution in [2.45, 2.75) is 31.1 Å². The minimum atomic E-state index is 0.127. The topological polar surface area (TPSA) is 29.1 Å². The van der Waals surface area contributed by atoms with Gasteiger partial charge in [-0.05, 0) is 30.5 Å². The van der Waals surface area contributed by atoms with Gasteiger partial charge in [0.15, 0.2) is 0 Å². The van der Waals surface area contributed by atoms with Crippen LogP contribution in [0, 0.1) is 6.92 Å². The highest BCUT2D eigenvalue weighted by Crippen LogP contribution is 2.19. The van der Waals surface area contributed by atoms with E-state index in [-0.39, 0.29) is 5.91 Å². The molecular weight excluding hydrogens is 290 g/mol. The predicted molar refractivity (Wildman–Crippen MR) is 94.4 cm³/mol. The summed E-state index contributed by atoms with van der Waals surface area (Å²) in [6.07, 6.45) is 0.556. The summed E-state index contributed by atoms with van der Waals surface area (Å²) in [5.41, 5.74) is 2.52. The van der Waals surface area contributed by atoms with Crippen molar-refractivity contribution < 1.29 is 4.79 Å². The number of benzene rings is 2. The summed E-state index contributed by atoms with van der Waals surface area (Å²) in [7, 11) is 0. The molecule has 3 heteroatoms. The molecule has 1 N–H and O–H groups in total. The Morgan fingerprint density at radius 3 is 2.45 bits per heavy atom. The summed E-state index contributed by atoms with van der Waals surface area (Å²) >= 11 is 1.73. The Bertz CT molecular complexity index is 580. The normalized spacial score (nSPS) is 11.9. The molecule has 2 rings (SSSR count). The third-order valence-electron chi connectivity index (χ3n) is 3.59. The van der Waals surface area contributed by atoms with Gasteiger partial charge in [-0.15, -0.1) is 11.8 Å². The van der Waals surface area contributed by atoms with Crippen LogP contribution in [0.25, 0.3) is 0 Å². The van der Waals surface area contributed by atoms with Crippen LogP contribution in [0.5, 0.6) is 0 Å². The number of thioether (sulfide) groups is 1. The smallest absolute Gasteiger partial charge is 0.220 e. The van der Waals surface area contributed by atoms with Crippen molar-refractivity contribution in [2.24, 2.45) is 0 Å². The maximum absolute atomic E-state index is 11.9. The van der Waals surface area contributed by atoms with E-state index in [4.69, 9.17) is 0 Å². The number of carbonyl (C=O) groups is 1. The highest BCUT2D eigenvalue weighted by atomic mass is 32.2. The number of hydrogen-bond acceptors (Lipinski definition) is 2. The minimum absolute atomic E-state index is 0.127. The average Bonchev–Trinajstić information content (AvgIpc) is 2.55. The fourth-order valence-electron chi connectivity index (χ4n) is 2.15. The van der Waals surface area contributed by atoms with Crippen LogP contribution in [0.4, 0.5) is 0 Å². The van der Waals surface area contributed by atoms with Crippen LogP contribution >= 0.6 is 11.8 Å². The third-order valence-corrected chi connectivity index (χ3v) is 4.61. The van der Waals surface area contributed by atoms with E-state index in [2.05, 4.69) is 55.6 Å². The molecule has 0 heterocycles. The molecule has 2 aromatic rings. The molecule has 0 radical (unpaired) electrons. The highest BCUT2D eigenvalue weighted by Gasteiger charge is 2.07. The van der Waals surface area contributed by atoms with Crippen LogP contribution in [0.2, 0.25) is 0 Å². The first kappa shape index (κ1) is 16.6. The van der Waals surface area contributed by atoms with Gasteiger partial charge in [-0.3, -0.25) is 4.79 Å². The molecule has 1 amide bonds. The molecule has 0 fully saturated rings. The zero-order valence-electron chi connectivity index (χ0n) is 13.2. The first-order valence-corrected chi connectivity index (χ1v) is 8.65. The summed E-state index contributed by atoms with van der Waals surface area (Å²) in [5.74, 6) is 1.28. The molecule has 2 nitrogen and oxygen atoms in total. The number of aryl methyl sites for hydroxylation is 1. The van der Waals surface area contributed by atoms with Crippen molar-refractivity contribution in [1.29, 1.82) is 0 Å². The van der Waals surface area contributed by atoms with Gasteiger partial charge in [0.2, 0.25) is 5.91 Å². The van der Waals surface area contributed by atoms with Crippen molar-refractivity contribution in [3.63, 3.8) is 0 Å². The number of nitrogens with one attached hydrogen (secondary N) is 1. The van der Waals surface area contributed by atoms with E-state index in [0.717, 1.165) is 5.75 Å². The molecule has 0 unspecified atom stereocenters. The number of amides is 1. The van der Waals surface area contributed by atoms with Crippen molar-refractivity contribution in [3.8, 4) is 0 Å². The first-order valence-electron chi connectivity index (χ1n) is 7.66. The number of rotatable bonds is 7. The van der Waals surface area contributed by atoms with Crippen LogP contribution < -0.4 is 5.32 Å². The van der Waals surface area contributed by atoms with Crippen molar-refractivity contribution >= 4 is 17.7 Å². The van der Waals surface area contributed by atoms with Crippen LogP contribution in [-0.2, 0) is 4.79 Å². The maximum Gasteiger partial charge on any atom is 0.220 e. The van der Waals surface area contributed by atoms with Gasteiger partial charge in [-0.1, -0.05) is 55.0 Å². The molecule has 116 valence electrons. The molecular formula is C19H23NOS. The largest absolute Gasteiger partial charge is 0.355 e. The third kappa shape index (κ3) is 5.57. The van der Waals surface area contributed by atoms with Crippen molar-refractivity contribution in [3.05, 3.63) is 65.7 Å². The Hall–Kier alpha value is -1.74. The number of hydrogen-bond donors (Lipinski definition) is 1. The van der Waals surface area contributed by atoms with Crippen LogP contribution in [0.3, 0.4) is 0 Å². The molecule has 0 spiro atoms. The van der Waals surface area contributed by atoms with Crippen molar-refractivity contribution in [1.82, 2.24) is 5.32 Å². The Morgan fingerprint density at radius 1 is 1.09 bits per heavy atom. The first-order chi connectivity index (χ1) is 10.6. The lowest BCUT2D eigenvalue weighted by Gasteiger charge is -2.13. The Morgan fingerprint density at radius 2 is 1.77 bits per heavy atom. The molecule has 0 aliphatic heterocycles. The molecule has 1 atom stereocenters. The molecule has 22 heavy (non-hydrogen) atoms. The zero-order chi connectivity index (χ0) is 15.8. The summed E-state index contributed by atoms with van der Waals surface area (Å²) < 4.78 is 0. The molecule has 0 aliphatic carbocycles. The van der Waals surface area contributed by atoms with E-state index >= 15 is 0 Å². The quantitative estimate of drug-likeness (QED) is 0.768. The van der Waals surface area contributed by atoms with Gasteiger partial charge in [0.1, 0.15) is 0 Å². The predicted octanol–water partition coefficient (Wildman–Crippen LogP) is 4.40. The van der Waals surface area contributed by atoms with Crippen LogP contribution in [-0.4, -0.2) is 18.2 Å².